The van der Waals surface area contributed by atoms with E-state index < -0.39 is 8.32 Å². The highest BCUT2D eigenvalue weighted by atomic mass is 28.4. The Morgan fingerprint density at radius 2 is 1.38 bits per heavy atom. The molecule has 142 valence electrons. The highest BCUT2D eigenvalue weighted by Gasteiger charge is 2.47. The average Bonchev–Trinajstić information content (AvgIpc) is 2.58. The van der Waals surface area contributed by atoms with Gasteiger partial charge in [-0.15, -0.1) is 0 Å². The van der Waals surface area contributed by atoms with Gasteiger partial charge in [0.15, 0.2) is 0 Å². The summed E-state index contributed by atoms with van der Waals surface area (Å²) >= 11 is 0. The van der Waals surface area contributed by atoms with Crippen molar-refractivity contribution in [1.82, 2.24) is 0 Å². The molecule has 0 aliphatic heterocycles. The van der Waals surface area contributed by atoms with Gasteiger partial charge in [0, 0.05) is 0 Å². The van der Waals surface area contributed by atoms with Crippen molar-refractivity contribution in [2.45, 2.75) is 71.7 Å². The Balaban J connectivity index is 2.17. The van der Waals surface area contributed by atoms with Crippen molar-refractivity contribution in [2.24, 2.45) is 0 Å². The smallest absolute Gasteiger partial charge is 0.258 e. The van der Waals surface area contributed by atoms with Crippen molar-refractivity contribution in [3.63, 3.8) is 0 Å². The Labute approximate surface area is 160 Å². The molecule has 3 heteroatoms. The third-order valence-corrected chi connectivity index (χ3v) is 11.4. The average molecular weight is 371 g/mol. The lowest BCUT2D eigenvalue weighted by Gasteiger charge is -2.42. The van der Waals surface area contributed by atoms with Crippen LogP contribution in [0.15, 0.2) is 48.5 Å². The Kier molecular flexibility index (Phi) is 6.93. The summed E-state index contributed by atoms with van der Waals surface area (Å²) in [5, 5.41) is 0. The molecule has 0 saturated heterocycles. The molecule has 26 heavy (non-hydrogen) atoms. The van der Waals surface area contributed by atoms with E-state index in [1.54, 1.807) is 0 Å². The number of benzene rings is 2. The minimum absolute atomic E-state index is 0.566. The Morgan fingerprint density at radius 1 is 0.808 bits per heavy atom. The molecule has 0 spiro atoms. The van der Waals surface area contributed by atoms with Crippen LogP contribution < -0.4 is 9.16 Å². The van der Waals surface area contributed by atoms with E-state index in [4.69, 9.17) is 9.16 Å². The van der Waals surface area contributed by atoms with E-state index in [0.29, 0.717) is 23.2 Å². The SMILES string of the molecule is Cc1cc(O[Si](C(C)C)(C(C)C)C(C)C)ccc1OCc1ccccc1. The van der Waals surface area contributed by atoms with Gasteiger partial charge in [0.25, 0.3) is 8.32 Å². The van der Waals surface area contributed by atoms with E-state index in [1.165, 1.54) is 5.56 Å². The van der Waals surface area contributed by atoms with Crippen molar-refractivity contribution in [3.05, 3.63) is 59.7 Å². The van der Waals surface area contributed by atoms with Gasteiger partial charge in [0.2, 0.25) is 0 Å². The van der Waals surface area contributed by atoms with Gasteiger partial charge in [0.1, 0.15) is 18.1 Å². The number of aryl methyl sites for hydroxylation is 1. The second-order valence-electron chi connectivity index (χ2n) is 8.12. The molecule has 0 bridgehead atoms. The summed E-state index contributed by atoms with van der Waals surface area (Å²) in [5.41, 5.74) is 4.00. The van der Waals surface area contributed by atoms with Crippen molar-refractivity contribution >= 4 is 8.32 Å². The molecule has 0 fully saturated rings. The summed E-state index contributed by atoms with van der Waals surface area (Å²) < 4.78 is 12.8. The van der Waals surface area contributed by atoms with Crippen LogP contribution in [0.2, 0.25) is 16.6 Å². The van der Waals surface area contributed by atoms with Crippen LogP contribution in [0.25, 0.3) is 0 Å². The van der Waals surface area contributed by atoms with Gasteiger partial charge in [-0.2, -0.15) is 0 Å². The summed E-state index contributed by atoms with van der Waals surface area (Å²) in [5.74, 6) is 1.91. The first-order valence-corrected chi connectivity index (χ1v) is 11.9. The molecule has 2 aromatic carbocycles. The summed E-state index contributed by atoms with van der Waals surface area (Å²) in [6.45, 7) is 16.6. The van der Waals surface area contributed by atoms with Gasteiger partial charge < -0.3 is 9.16 Å². The third kappa shape index (κ3) is 4.50. The van der Waals surface area contributed by atoms with E-state index >= 15 is 0 Å². The van der Waals surface area contributed by atoms with Crippen molar-refractivity contribution in [2.75, 3.05) is 0 Å². The molecule has 0 radical (unpaired) electrons. The molecule has 0 unspecified atom stereocenters. The predicted molar refractivity (Wildman–Crippen MR) is 114 cm³/mol. The molecular weight excluding hydrogens is 336 g/mol. The second kappa shape index (κ2) is 8.76. The van der Waals surface area contributed by atoms with E-state index in [2.05, 4.69) is 72.7 Å². The van der Waals surface area contributed by atoms with E-state index in [1.807, 2.05) is 24.3 Å². The Morgan fingerprint density at radius 3 is 1.88 bits per heavy atom. The van der Waals surface area contributed by atoms with Crippen LogP contribution in [0.1, 0.15) is 52.7 Å². The molecule has 2 aromatic rings. The van der Waals surface area contributed by atoms with Crippen molar-refractivity contribution in [1.29, 1.82) is 0 Å². The zero-order chi connectivity index (χ0) is 19.3. The first kappa shape index (κ1) is 20.6. The van der Waals surface area contributed by atoms with Crippen LogP contribution in [-0.2, 0) is 6.61 Å². The summed E-state index contributed by atoms with van der Waals surface area (Å²) in [6, 6.07) is 16.5. The van der Waals surface area contributed by atoms with Gasteiger partial charge in [-0.25, -0.2) is 0 Å². The Hall–Kier alpha value is -1.74. The minimum Gasteiger partial charge on any atom is -0.543 e. The lowest BCUT2D eigenvalue weighted by atomic mass is 10.2. The maximum absolute atomic E-state index is 6.77. The molecule has 2 rings (SSSR count). The van der Waals surface area contributed by atoms with Gasteiger partial charge in [-0.1, -0.05) is 71.9 Å². The number of hydrogen-bond acceptors (Lipinski definition) is 2. The fourth-order valence-corrected chi connectivity index (χ4v) is 9.38. The standard InChI is InChI=1S/C23H34O2Si/c1-17(2)26(18(3)4,19(5)6)25-22-13-14-23(20(7)15-22)24-16-21-11-9-8-10-12-21/h8-15,17-19H,16H2,1-7H3. The van der Waals surface area contributed by atoms with E-state index in [-0.39, 0.29) is 0 Å². The zero-order valence-electron chi connectivity index (χ0n) is 17.4. The largest absolute Gasteiger partial charge is 0.543 e. The molecule has 0 aliphatic rings. The molecule has 2 nitrogen and oxygen atoms in total. The van der Waals surface area contributed by atoms with E-state index in [9.17, 15) is 0 Å². The quantitative estimate of drug-likeness (QED) is 0.460. The summed E-state index contributed by atoms with van der Waals surface area (Å²) in [6.07, 6.45) is 0. The van der Waals surface area contributed by atoms with Gasteiger partial charge >= 0.3 is 0 Å². The maximum atomic E-state index is 6.77. The van der Waals surface area contributed by atoms with Crippen LogP contribution in [0.5, 0.6) is 11.5 Å². The molecule has 0 aromatic heterocycles. The van der Waals surface area contributed by atoms with Gasteiger partial charge in [-0.3, -0.25) is 0 Å². The van der Waals surface area contributed by atoms with Crippen LogP contribution in [0.3, 0.4) is 0 Å². The van der Waals surface area contributed by atoms with Gasteiger partial charge in [0.05, 0.1) is 0 Å². The molecule has 0 amide bonds. The highest BCUT2D eigenvalue weighted by Crippen LogP contribution is 2.43. The minimum atomic E-state index is -1.92. The first-order chi connectivity index (χ1) is 12.3. The summed E-state index contributed by atoms with van der Waals surface area (Å²) in [4.78, 5) is 0. The molecule has 0 saturated carbocycles. The molecule has 0 aliphatic carbocycles. The second-order valence-corrected chi connectivity index (χ2v) is 13.5. The number of ether oxygens (including phenoxy) is 1. The van der Waals surface area contributed by atoms with E-state index in [0.717, 1.165) is 17.1 Å². The van der Waals surface area contributed by atoms with Crippen LogP contribution in [-0.4, -0.2) is 8.32 Å². The Bertz CT molecular complexity index is 671. The topological polar surface area (TPSA) is 18.5 Å². The highest BCUT2D eigenvalue weighted by molar-refractivity contribution is 6.78. The lowest BCUT2D eigenvalue weighted by Crippen LogP contribution is -2.50. The first-order valence-electron chi connectivity index (χ1n) is 9.73. The lowest BCUT2D eigenvalue weighted by molar-refractivity contribution is 0.303. The predicted octanol–water partition coefficient (Wildman–Crippen LogP) is 7.13. The summed E-state index contributed by atoms with van der Waals surface area (Å²) in [7, 11) is -1.92. The van der Waals surface area contributed by atoms with Gasteiger partial charge in [-0.05, 0) is 52.9 Å². The van der Waals surface area contributed by atoms with Crippen LogP contribution >= 0.6 is 0 Å². The number of hydrogen-bond donors (Lipinski definition) is 0. The maximum Gasteiger partial charge on any atom is 0.258 e. The van der Waals surface area contributed by atoms with Crippen LogP contribution in [0.4, 0.5) is 0 Å². The van der Waals surface area contributed by atoms with Crippen LogP contribution in [0, 0.1) is 6.92 Å². The monoisotopic (exact) mass is 370 g/mol. The normalized spacial score (nSPS) is 12.1. The fraction of sp³-hybridized carbons (Fsp3) is 0.478. The van der Waals surface area contributed by atoms with Crippen molar-refractivity contribution in [3.8, 4) is 11.5 Å². The number of rotatable bonds is 8. The molecule has 0 heterocycles. The fourth-order valence-electron chi connectivity index (χ4n) is 4.14. The molecular formula is C23H34O2Si. The van der Waals surface area contributed by atoms with Crippen molar-refractivity contribution < 1.29 is 9.16 Å². The third-order valence-electron chi connectivity index (χ3n) is 5.39. The molecule has 0 atom stereocenters. The zero-order valence-corrected chi connectivity index (χ0v) is 18.4. The molecule has 0 N–H and O–H groups in total.